The lowest BCUT2D eigenvalue weighted by atomic mass is 10.3. The number of carbonyl (C=O) groups is 1. The van der Waals surface area contributed by atoms with E-state index in [0.29, 0.717) is 11.3 Å². The molecule has 0 unspecified atom stereocenters. The molecule has 1 heterocycles. The lowest BCUT2D eigenvalue weighted by molar-refractivity contribution is -0.184. The summed E-state index contributed by atoms with van der Waals surface area (Å²) in [6, 6.07) is 1.83. The molecule has 16 heavy (non-hydrogen) atoms. The summed E-state index contributed by atoms with van der Waals surface area (Å²) < 4.78 is 37.0. The second-order valence-electron chi connectivity index (χ2n) is 3.21. The van der Waals surface area contributed by atoms with Crippen LogP contribution in [0.25, 0.3) is 0 Å². The number of hydrogen-bond donors (Lipinski definition) is 0. The van der Waals surface area contributed by atoms with Crippen molar-refractivity contribution in [1.29, 1.82) is 0 Å². The van der Waals surface area contributed by atoms with E-state index in [1.54, 1.807) is 0 Å². The highest BCUT2D eigenvalue weighted by atomic mass is 79.9. The quantitative estimate of drug-likeness (QED) is 0.839. The molecule has 0 aliphatic rings. The van der Waals surface area contributed by atoms with E-state index in [-0.39, 0.29) is 6.54 Å². The minimum atomic E-state index is -4.79. The zero-order valence-electron chi connectivity index (χ0n) is 8.34. The molecule has 0 aromatic carbocycles. The zero-order chi connectivity index (χ0) is 12.3. The van der Waals surface area contributed by atoms with Gasteiger partial charge in [0.05, 0.1) is 0 Å². The molecular formula is C9H9BrF3NOS. The first-order valence-corrected chi connectivity index (χ1v) is 6.03. The van der Waals surface area contributed by atoms with E-state index < -0.39 is 12.1 Å². The average Bonchev–Trinajstić information content (AvgIpc) is 2.58. The van der Waals surface area contributed by atoms with E-state index in [4.69, 9.17) is 0 Å². The van der Waals surface area contributed by atoms with Crippen molar-refractivity contribution in [1.82, 2.24) is 4.90 Å². The van der Waals surface area contributed by atoms with E-state index in [9.17, 15) is 18.0 Å². The third-order valence-electron chi connectivity index (χ3n) is 1.90. The van der Waals surface area contributed by atoms with Gasteiger partial charge in [-0.05, 0) is 28.4 Å². The summed E-state index contributed by atoms with van der Waals surface area (Å²) in [4.78, 5) is 12.4. The van der Waals surface area contributed by atoms with Crippen LogP contribution in [0.4, 0.5) is 13.2 Å². The van der Waals surface area contributed by atoms with Crippen LogP contribution in [-0.2, 0) is 11.2 Å². The van der Waals surface area contributed by atoms with Crippen molar-refractivity contribution in [2.75, 3.05) is 13.6 Å². The van der Waals surface area contributed by atoms with Crippen LogP contribution in [0, 0.1) is 0 Å². The van der Waals surface area contributed by atoms with Crippen molar-refractivity contribution in [3.05, 3.63) is 20.8 Å². The Bertz CT molecular complexity index is 377. The highest BCUT2D eigenvalue weighted by Gasteiger charge is 2.40. The maximum atomic E-state index is 12.0. The minimum absolute atomic E-state index is 0.0608. The van der Waals surface area contributed by atoms with Gasteiger partial charge >= 0.3 is 12.1 Å². The molecule has 1 amide bonds. The van der Waals surface area contributed by atoms with Gasteiger partial charge in [0.2, 0.25) is 0 Å². The highest BCUT2D eigenvalue weighted by molar-refractivity contribution is 9.10. The van der Waals surface area contributed by atoms with Gasteiger partial charge in [-0.3, -0.25) is 4.79 Å². The topological polar surface area (TPSA) is 20.3 Å². The number of rotatable bonds is 3. The van der Waals surface area contributed by atoms with Crippen molar-refractivity contribution in [2.45, 2.75) is 12.6 Å². The second kappa shape index (κ2) is 5.18. The third kappa shape index (κ3) is 3.79. The van der Waals surface area contributed by atoms with Gasteiger partial charge in [0.1, 0.15) is 0 Å². The van der Waals surface area contributed by atoms with Crippen LogP contribution >= 0.6 is 27.3 Å². The summed E-state index contributed by atoms with van der Waals surface area (Å²) in [5.74, 6) is -1.80. The van der Waals surface area contributed by atoms with Crippen molar-refractivity contribution in [2.24, 2.45) is 0 Å². The minimum Gasteiger partial charge on any atom is -0.338 e. The molecule has 0 atom stereocenters. The predicted octanol–water partition coefficient (Wildman–Crippen LogP) is 3.07. The van der Waals surface area contributed by atoms with Gasteiger partial charge in [0.15, 0.2) is 0 Å². The van der Waals surface area contributed by atoms with E-state index >= 15 is 0 Å². The Labute approximate surface area is 103 Å². The number of hydrogen-bond acceptors (Lipinski definition) is 2. The number of nitrogens with zero attached hydrogens (tertiary/aromatic N) is 1. The maximum absolute atomic E-state index is 12.0. The SMILES string of the molecule is CN(CCc1cc(Br)cs1)C(=O)C(F)(F)F. The lowest BCUT2D eigenvalue weighted by Gasteiger charge is -2.17. The van der Waals surface area contributed by atoms with E-state index in [1.165, 1.54) is 11.3 Å². The monoisotopic (exact) mass is 315 g/mol. The normalized spacial score (nSPS) is 11.6. The molecule has 0 aliphatic carbocycles. The number of carbonyl (C=O) groups excluding carboxylic acids is 1. The van der Waals surface area contributed by atoms with Crippen LogP contribution in [0.5, 0.6) is 0 Å². The smallest absolute Gasteiger partial charge is 0.338 e. The summed E-state index contributed by atoms with van der Waals surface area (Å²) >= 11 is 4.69. The Hall–Kier alpha value is -0.560. The molecule has 0 radical (unpaired) electrons. The zero-order valence-corrected chi connectivity index (χ0v) is 10.7. The Morgan fingerprint density at radius 2 is 2.19 bits per heavy atom. The van der Waals surface area contributed by atoms with Gasteiger partial charge in [0.25, 0.3) is 0 Å². The van der Waals surface area contributed by atoms with E-state index in [1.807, 2.05) is 11.4 Å². The molecule has 0 saturated carbocycles. The van der Waals surface area contributed by atoms with Gasteiger partial charge < -0.3 is 4.90 Å². The largest absolute Gasteiger partial charge is 0.471 e. The first-order chi connectivity index (χ1) is 7.30. The van der Waals surface area contributed by atoms with Gasteiger partial charge in [-0.15, -0.1) is 11.3 Å². The van der Waals surface area contributed by atoms with Crippen LogP contribution in [0.3, 0.4) is 0 Å². The van der Waals surface area contributed by atoms with Crippen molar-refractivity contribution in [3.63, 3.8) is 0 Å². The first-order valence-electron chi connectivity index (χ1n) is 4.36. The molecule has 0 saturated heterocycles. The molecule has 2 nitrogen and oxygen atoms in total. The van der Waals surface area contributed by atoms with E-state index in [0.717, 1.165) is 16.4 Å². The fraction of sp³-hybridized carbons (Fsp3) is 0.444. The van der Waals surface area contributed by atoms with Crippen molar-refractivity contribution < 1.29 is 18.0 Å². The highest BCUT2D eigenvalue weighted by Crippen LogP contribution is 2.21. The predicted molar refractivity (Wildman–Crippen MR) is 59.4 cm³/mol. The first kappa shape index (κ1) is 13.5. The molecule has 0 bridgehead atoms. The number of likely N-dealkylation sites (N-methyl/N-ethyl adjacent to an activating group) is 1. The summed E-state index contributed by atoms with van der Waals surface area (Å²) in [6.45, 7) is 0.0608. The molecule has 90 valence electrons. The number of alkyl halides is 3. The summed E-state index contributed by atoms with van der Waals surface area (Å²) in [5, 5.41) is 1.85. The van der Waals surface area contributed by atoms with Gasteiger partial charge in [-0.2, -0.15) is 13.2 Å². The molecule has 7 heteroatoms. The van der Waals surface area contributed by atoms with Crippen LogP contribution in [-0.4, -0.2) is 30.6 Å². The summed E-state index contributed by atoms with van der Waals surface area (Å²) in [7, 11) is 1.15. The Morgan fingerprint density at radius 3 is 2.62 bits per heavy atom. The van der Waals surface area contributed by atoms with Crippen LogP contribution < -0.4 is 0 Å². The van der Waals surface area contributed by atoms with Gasteiger partial charge in [-0.25, -0.2) is 0 Å². The molecular weight excluding hydrogens is 307 g/mol. The van der Waals surface area contributed by atoms with Gasteiger partial charge in [0, 0.05) is 28.3 Å². The molecule has 0 aliphatic heterocycles. The number of halogens is 4. The average molecular weight is 316 g/mol. The third-order valence-corrected chi connectivity index (χ3v) is 3.66. The van der Waals surface area contributed by atoms with Crippen LogP contribution in [0.1, 0.15) is 4.88 Å². The molecule has 1 aromatic heterocycles. The second-order valence-corrected chi connectivity index (χ2v) is 5.12. The lowest BCUT2D eigenvalue weighted by Crippen LogP contribution is -2.39. The molecule has 0 N–H and O–H groups in total. The van der Waals surface area contributed by atoms with E-state index in [2.05, 4.69) is 15.9 Å². The Kier molecular flexibility index (Phi) is 4.37. The van der Waals surface area contributed by atoms with Crippen molar-refractivity contribution in [3.8, 4) is 0 Å². The van der Waals surface area contributed by atoms with Gasteiger partial charge in [-0.1, -0.05) is 0 Å². The number of thiophene rings is 1. The standard InChI is InChI=1S/C9H9BrF3NOS/c1-14(8(15)9(11,12)13)3-2-7-4-6(10)5-16-7/h4-5H,2-3H2,1H3. The molecule has 0 spiro atoms. The fourth-order valence-corrected chi connectivity index (χ4v) is 2.53. The molecule has 0 fully saturated rings. The maximum Gasteiger partial charge on any atom is 0.471 e. The Balaban J connectivity index is 2.47. The summed E-state index contributed by atoms with van der Waals surface area (Å²) in [6.07, 6.45) is -4.36. The molecule has 1 aromatic rings. The Morgan fingerprint density at radius 1 is 1.56 bits per heavy atom. The number of amides is 1. The van der Waals surface area contributed by atoms with Crippen LogP contribution in [0.2, 0.25) is 0 Å². The molecule has 1 rings (SSSR count). The van der Waals surface area contributed by atoms with Crippen molar-refractivity contribution >= 4 is 33.2 Å². The fourth-order valence-electron chi connectivity index (χ4n) is 1.08. The summed E-state index contributed by atoms with van der Waals surface area (Å²) in [5.41, 5.74) is 0. The van der Waals surface area contributed by atoms with Crippen LogP contribution in [0.15, 0.2) is 15.9 Å².